The summed E-state index contributed by atoms with van der Waals surface area (Å²) < 4.78 is 25.0. The number of imide groups is 1. The first-order valence-corrected chi connectivity index (χ1v) is 9.95. The highest BCUT2D eigenvalue weighted by molar-refractivity contribution is 6.46. The molecule has 0 bridgehead atoms. The average molecular weight is 453 g/mol. The fourth-order valence-corrected chi connectivity index (χ4v) is 3.57. The fourth-order valence-electron chi connectivity index (χ4n) is 3.44. The molecule has 1 aliphatic heterocycles. The molecule has 1 heterocycles. The van der Waals surface area contributed by atoms with Crippen LogP contribution in [0, 0.1) is 5.82 Å². The number of anilines is 2. The van der Waals surface area contributed by atoms with E-state index in [9.17, 15) is 14.0 Å². The van der Waals surface area contributed by atoms with E-state index in [1.54, 1.807) is 48.5 Å². The second-order valence-corrected chi connectivity index (χ2v) is 7.29. The van der Waals surface area contributed by atoms with Crippen molar-refractivity contribution in [3.63, 3.8) is 0 Å². The number of nitrogens with zero attached hydrogens (tertiary/aromatic N) is 1. The van der Waals surface area contributed by atoms with Gasteiger partial charge >= 0.3 is 0 Å². The van der Waals surface area contributed by atoms with Crippen LogP contribution in [0.25, 0.3) is 5.57 Å². The quantitative estimate of drug-likeness (QED) is 0.539. The Morgan fingerprint density at radius 2 is 1.56 bits per heavy atom. The summed E-state index contributed by atoms with van der Waals surface area (Å²) in [6.45, 7) is 0. The number of para-hydroxylation sites is 1. The van der Waals surface area contributed by atoms with Crippen molar-refractivity contribution in [1.82, 2.24) is 0 Å². The van der Waals surface area contributed by atoms with Crippen LogP contribution in [0.1, 0.15) is 5.56 Å². The number of halogens is 2. The third kappa shape index (κ3) is 3.78. The monoisotopic (exact) mass is 452 g/mol. The second kappa shape index (κ2) is 8.72. The van der Waals surface area contributed by atoms with Crippen LogP contribution in [0.4, 0.5) is 15.8 Å². The third-order valence-corrected chi connectivity index (χ3v) is 5.22. The van der Waals surface area contributed by atoms with Gasteiger partial charge in [0.15, 0.2) is 11.5 Å². The highest BCUT2D eigenvalue weighted by Crippen LogP contribution is 2.36. The third-order valence-electron chi connectivity index (χ3n) is 4.96. The molecule has 32 heavy (non-hydrogen) atoms. The van der Waals surface area contributed by atoms with Crippen LogP contribution in [-0.2, 0) is 9.59 Å². The fraction of sp³-hybridized carbons (Fsp3) is 0.0833. The standard InChI is InChI=1S/C24H18ClFN2O4/c1-31-19-12-11-16(13-20(19)32-2)27-22-21(14-7-9-15(25)10-8-14)23(29)28(24(22)30)18-6-4-3-5-17(18)26/h3-13,27H,1-2H3. The van der Waals surface area contributed by atoms with Crippen LogP contribution < -0.4 is 19.7 Å². The van der Waals surface area contributed by atoms with Crippen molar-refractivity contribution < 1.29 is 23.5 Å². The lowest BCUT2D eigenvalue weighted by Gasteiger charge is -2.16. The number of amides is 2. The first-order chi connectivity index (χ1) is 15.4. The summed E-state index contributed by atoms with van der Waals surface area (Å²) in [5, 5.41) is 3.48. The number of benzene rings is 3. The summed E-state index contributed by atoms with van der Waals surface area (Å²) in [6, 6.07) is 17.1. The van der Waals surface area contributed by atoms with Crippen LogP contribution in [0.5, 0.6) is 11.5 Å². The van der Waals surface area contributed by atoms with Crippen LogP contribution in [0.2, 0.25) is 5.02 Å². The zero-order chi connectivity index (χ0) is 22.8. The van der Waals surface area contributed by atoms with E-state index in [4.69, 9.17) is 21.1 Å². The van der Waals surface area contributed by atoms with E-state index >= 15 is 0 Å². The Bertz CT molecular complexity index is 1240. The van der Waals surface area contributed by atoms with Gasteiger partial charge < -0.3 is 14.8 Å². The van der Waals surface area contributed by atoms with Crippen molar-refractivity contribution in [1.29, 1.82) is 0 Å². The van der Waals surface area contributed by atoms with Gasteiger partial charge in [-0.2, -0.15) is 0 Å². The first kappa shape index (κ1) is 21.4. The minimum atomic E-state index is -0.683. The molecule has 4 rings (SSSR count). The number of carbonyl (C=O) groups excluding carboxylic acids is 2. The minimum absolute atomic E-state index is 0.00722. The summed E-state index contributed by atoms with van der Waals surface area (Å²) in [4.78, 5) is 27.5. The van der Waals surface area contributed by atoms with Crippen molar-refractivity contribution >= 4 is 40.4 Å². The molecule has 0 atom stereocenters. The van der Waals surface area contributed by atoms with Gasteiger partial charge in [-0.05, 0) is 42.0 Å². The number of methoxy groups -OCH3 is 2. The molecule has 0 radical (unpaired) electrons. The number of carbonyl (C=O) groups is 2. The molecule has 0 aliphatic carbocycles. The van der Waals surface area contributed by atoms with Gasteiger partial charge in [0.1, 0.15) is 11.5 Å². The normalized spacial score (nSPS) is 13.6. The smallest absolute Gasteiger partial charge is 0.282 e. The SMILES string of the molecule is COc1ccc(NC2=C(c3ccc(Cl)cc3)C(=O)N(c3ccccc3F)C2=O)cc1OC. The van der Waals surface area contributed by atoms with E-state index in [-0.39, 0.29) is 17.0 Å². The molecule has 0 fully saturated rings. The number of nitrogens with one attached hydrogen (secondary N) is 1. The molecule has 0 unspecified atom stereocenters. The highest BCUT2D eigenvalue weighted by atomic mass is 35.5. The minimum Gasteiger partial charge on any atom is -0.493 e. The van der Waals surface area contributed by atoms with Gasteiger partial charge in [-0.15, -0.1) is 0 Å². The maximum absolute atomic E-state index is 14.5. The van der Waals surface area contributed by atoms with Crippen molar-refractivity contribution in [3.8, 4) is 11.5 Å². The summed E-state index contributed by atoms with van der Waals surface area (Å²) in [5.74, 6) is -1.07. The topological polar surface area (TPSA) is 67.9 Å². The van der Waals surface area contributed by atoms with E-state index in [0.717, 1.165) is 4.90 Å². The van der Waals surface area contributed by atoms with Crippen molar-refractivity contribution in [2.24, 2.45) is 0 Å². The zero-order valence-corrected chi connectivity index (χ0v) is 17.9. The molecule has 0 spiro atoms. The molecule has 0 saturated carbocycles. The molecule has 1 N–H and O–H groups in total. The predicted octanol–water partition coefficient (Wildman–Crippen LogP) is 4.89. The van der Waals surface area contributed by atoms with Crippen LogP contribution in [0.3, 0.4) is 0 Å². The molecule has 2 amide bonds. The Morgan fingerprint density at radius 3 is 2.22 bits per heavy atom. The average Bonchev–Trinajstić information content (AvgIpc) is 3.04. The van der Waals surface area contributed by atoms with Gasteiger partial charge in [-0.3, -0.25) is 9.59 Å². The molecular formula is C24H18ClFN2O4. The molecule has 6 nitrogen and oxygen atoms in total. The predicted molar refractivity (Wildman–Crippen MR) is 120 cm³/mol. The lowest BCUT2D eigenvalue weighted by molar-refractivity contribution is -0.120. The maximum Gasteiger partial charge on any atom is 0.282 e. The molecule has 162 valence electrons. The number of hydrogen-bond donors (Lipinski definition) is 1. The van der Waals surface area contributed by atoms with Gasteiger partial charge in [0.05, 0.1) is 25.5 Å². The summed E-state index contributed by atoms with van der Waals surface area (Å²) in [5.41, 5.74) is 0.936. The Hall–Kier alpha value is -3.84. The number of hydrogen-bond acceptors (Lipinski definition) is 5. The lowest BCUT2D eigenvalue weighted by Crippen LogP contribution is -2.33. The van der Waals surface area contributed by atoms with Gasteiger partial charge in [0, 0.05) is 16.8 Å². The van der Waals surface area contributed by atoms with Crippen molar-refractivity contribution in [3.05, 3.63) is 88.8 Å². The van der Waals surface area contributed by atoms with Crippen molar-refractivity contribution in [2.75, 3.05) is 24.4 Å². The molecular weight excluding hydrogens is 435 g/mol. The molecule has 3 aromatic rings. The molecule has 0 aromatic heterocycles. The van der Waals surface area contributed by atoms with Gasteiger partial charge in [-0.1, -0.05) is 35.9 Å². The highest BCUT2D eigenvalue weighted by Gasteiger charge is 2.41. The number of rotatable bonds is 6. The lowest BCUT2D eigenvalue weighted by atomic mass is 10.0. The summed E-state index contributed by atoms with van der Waals surface area (Å²) in [6.07, 6.45) is 0. The molecule has 3 aromatic carbocycles. The molecule has 1 aliphatic rings. The van der Waals surface area contributed by atoms with Crippen LogP contribution in [-0.4, -0.2) is 26.0 Å². The maximum atomic E-state index is 14.5. The summed E-state index contributed by atoms with van der Waals surface area (Å²) in [7, 11) is 3.00. The zero-order valence-electron chi connectivity index (χ0n) is 17.2. The Morgan fingerprint density at radius 1 is 0.875 bits per heavy atom. The van der Waals surface area contributed by atoms with E-state index in [1.807, 2.05) is 0 Å². The molecule has 8 heteroatoms. The van der Waals surface area contributed by atoms with E-state index < -0.39 is 17.6 Å². The van der Waals surface area contributed by atoms with E-state index in [1.165, 1.54) is 32.4 Å². The van der Waals surface area contributed by atoms with E-state index in [2.05, 4.69) is 5.32 Å². The van der Waals surface area contributed by atoms with E-state index in [0.29, 0.717) is 27.8 Å². The van der Waals surface area contributed by atoms with Crippen LogP contribution in [0.15, 0.2) is 72.4 Å². The van der Waals surface area contributed by atoms with Gasteiger partial charge in [0.25, 0.3) is 11.8 Å². The van der Waals surface area contributed by atoms with Crippen LogP contribution >= 0.6 is 11.6 Å². The van der Waals surface area contributed by atoms with Gasteiger partial charge in [0.2, 0.25) is 0 Å². The Kier molecular flexibility index (Phi) is 5.83. The largest absolute Gasteiger partial charge is 0.493 e. The van der Waals surface area contributed by atoms with Gasteiger partial charge in [-0.25, -0.2) is 9.29 Å². The first-order valence-electron chi connectivity index (χ1n) is 9.57. The summed E-state index contributed by atoms with van der Waals surface area (Å²) >= 11 is 5.99. The number of ether oxygens (including phenoxy) is 2. The molecule has 0 saturated heterocycles. The Balaban J connectivity index is 1.83. The van der Waals surface area contributed by atoms with Crippen molar-refractivity contribution in [2.45, 2.75) is 0 Å². The second-order valence-electron chi connectivity index (χ2n) is 6.85. The Labute approximate surface area is 188 Å².